The number of nitrogens with two attached hydrogens (primary N) is 1. The zero-order valence-corrected chi connectivity index (χ0v) is 9.93. The number of anilines is 1. The van der Waals surface area contributed by atoms with Crippen LogP contribution >= 0.6 is 0 Å². The second-order valence-corrected chi connectivity index (χ2v) is 3.97. The topological polar surface area (TPSA) is 64.7 Å². The monoisotopic (exact) mass is 228 g/mol. The van der Waals surface area contributed by atoms with E-state index in [2.05, 4.69) is 21.9 Å². The minimum atomic E-state index is 0.685. The molecule has 0 spiro atoms. The molecule has 88 valence electrons. The average Bonchev–Trinajstić information content (AvgIpc) is 2.35. The van der Waals surface area contributed by atoms with E-state index in [-0.39, 0.29) is 0 Å². The van der Waals surface area contributed by atoms with E-state index < -0.39 is 0 Å². The largest absolute Gasteiger partial charge is 0.396 e. The van der Waals surface area contributed by atoms with Gasteiger partial charge in [0.1, 0.15) is 5.82 Å². The first-order chi connectivity index (χ1) is 8.29. The molecule has 2 aromatic rings. The SMILES string of the molecule is CCCc1nc(Cc2ccncc2)ncc1N. The molecule has 0 bridgehead atoms. The minimum absolute atomic E-state index is 0.685. The molecule has 0 fully saturated rings. The quantitative estimate of drug-likeness (QED) is 0.869. The minimum Gasteiger partial charge on any atom is -0.396 e. The molecule has 2 rings (SSSR count). The summed E-state index contributed by atoms with van der Waals surface area (Å²) in [5.41, 5.74) is 8.63. The van der Waals surface area contributed by atoms with Crippen molar-refractivity contribution in [1.29, 1.82) is 0 Å². The first-order valence-corrected chi connectivity index (χ1v) is 5.78. The fourth-order valence-corrected chi connectivity index (χ4v) is 1.67. The van der Waals surface area contributed by atoms with Crippen LogP contribution in [0.4, 0.5) is 5.69 Å². The van der Waals surface area contributed by atoms with Crippen molar-refractivity contribution >= 4 is 5.69 Å². The van der Waals surface area contributed by atoms with Crippen LogP contribution in [0, 0.1) is 0 Å². The van der Waals surface area contributed by atoms with Gasteiger partial charge in [0.25, 0.3) is 0 Å². The van der Waals surface area contributed by atoms with E-state index in [4.69, 9.17) is 5.73 Å². The Bertz CT molecular complexity index is 482. The molecule has 0 aliphatic rings. The molecule has 2 aromatic heterocycles. The number of nitrogen functional groups attached to an aromatic ring is 1. The Hall–Kier alpha value is -1.97. The summed E-state index contributed by atoms with van der Waals surface area (Å²) in [4.78, 5) is 12.7. The lowest BCUT2D eigenvalue weighted by molar-refractivity contribution is 0.845. The summed E-state index contributed by atoms with van der Waals surface area (Å²) in [7, 11) is 0. The van der Waals surface area contributed by atoms with E-state index >= 15 is 0 Å². The number of hydrogen-bond acceptors (Lipinski definition) is 4. The second kappa shape index (κ2) is 5.39. The van der Waals surface area contributed by atoms with Crippen LogP contribution in [0.25, 0.3) is 0 Å². The highest BCUT2D eigenvalue weighted by atomic mass is 14.9. The summed E-state index contributed by atoms with van der Waals surface area (Å²) in [6, 6.07) is 3.94. The lowest BCUT2D eigenvalue weighted by atomic mass is 10.1. The molecule has 4 nitrogen and oxygen atoms in total. The molecule has 2 heterocycles. The molecular formula is C13H16N4. The van der Waals surface area contributed by atoms with Crippen molar-refractivity contribution in [3.8, 4) is 0 Å². The fraction of sp³-hybridized carbons (Fsp3) is 0.308. The van der Waals surface area contributed by atoms with Crippen molar-refractivity contribution in [2.45, 2.75) is 26.2 Å². The Labute approximate surface area is 101 Å². The van der Waals surface area contributed by atoms with Crippen molar-refractivity contribution in [3.63, 3.8) is 0 Å². The van der Waals surface area contributed by atoms with Gasteiger partial charge in [0, 0.05) is 18.8 Å². The number of aryl methyl sites for hydroxylation is 1. The predicted molar refractivity (Wildman–Crippen MR) is 67.5 cm³/mol. The van der Waals surface area contributed by atoms with Gasteiger partial charge < -0.3 is 5.73 Å². The van der Waals surface area contributed by atoms with Crippen LogP contribution in [0.15, 0.2) is 30.7 Å². The zero-order valence-electron chi connectivity index (χ0n) is 9.93. The smallest absolute Gasteiger partial charge is 0.133 e. The van der Waals surface area contributed by atoms with Crippen molar-refractivity contribution in [2.24, 2.45) is 0 Å². The van der Waals surface area contributed by atoms with Gasteiger partial charge in [-0.2, -0.15) is 0 Å². The predicted octanol–water partition coefficient (Wildman–Crippen LogP) is 2.00. The second-order valence-electron chi connectivity index (χ2n) is 3.97. The van der Waals surface area contributed by atoms with Gasteiger partial charge in [0.15, 0.2) is 0 Å². The van der Waals surface area contributed by atoms with Gasteiger partial charge in [0.2, 0.25) is 0 Å². The third-order valence-electron chi connectivity index (χ3n) is 2.55. The molecule has 2 N–H and O–H groups in total. The summed E-state index contributed by atoms with van der Waals surface area (Å²) in [6.07, 6.45) is 7.92. The van der Waals surface area contributed by atoms with E-state index in [9.17, 15) is 0 Å². The van der Waals surface area contributed by atoms with Gasteiger partial charge in [-0.05, 0) is 24.1 Å². The van der Waals surface area contributed by atoms with Crippen LogP contribution < -0.4 is 5.73 Å². The van der Waals surface area contributed by atoms with E-state index in [1.165, 1.54) is 0 Å². The number of rotatable bonds is 4. The van der Waals surface area contributed by atoms with Gasteiger partial charge >= 0.3 is 0 Å². The molecule has 0 atom stereocenters. The van der Waals surface area contributed by atoms with Crippen LogP contribution in [0.1, 0.15) is 30.4 Å². The summed E-state index contributed by atoms with van der Waals surface area (Å²) in [6.45, 7) is 2.12. The van der Waals surface area contributed by atoms with Crippen molar-refractivity contribution in [3.05, 3.63) is 47.8 Å². The number of hydrogen-bond donors (Lipinski definition) is 1. The van der Waals surface area contributed by atoms with Crippen molar-refractivity contribution in [1.82, 2.24) is 15.0 Å². The van der Waals surface area contributed by atoms with E-state index in [0.29, 0.717) is 5.69 Å². The van der Waals surface area contributed by atoms with Crippen LogP contribution in [-0.2, 0) is 12.8 Å². The number of aromatic nitrogens is 3. The molecular weight excluding hydrogens is 212 g/mol. The summed E-state index contributed by atoms with van der Waals surface area (Å²) < 4.78 is 0. The van der Waals surface area contributed by atoms with E-state index in [1.807, 2.05) is 12.1 Å². The van der Waals surface area contributed by atoms with Gasteiger partial charge in [-0.15, -0.1) is 0 Å². The highest BCUT2D eigenvalue weighted by Crippen LogP contribution is 2.11. The van der Waals surface area contributed by atoms with Crippen LogP contribution in [0.2, 0.25) is 0 Å². The molecule has 0 amide bonds. The molecule has 0 unspecified atom stereocenters. The maximum Gasteiger partial charge on any atom is 0.133 e. The van der Waals surface area contributed by atoms with E-state index in [0.717, 1.165) is 36.3 Å². The van der Waals surface area contributed by atoms with E-state index in [1.54, 1.807) is 18.6 Å². The standard InChI is InChI=1S/C13H16N4/c1-2-3-12-11(14)9-16-13(17-12)8-10-4-6-15-7-5-10/h4-7,9H,2-3,8,14H2,1H3. The van der Waals surface area contributed by atoms with Crippen LogP contribution in [-0.4, -0.2) is 15.0 Å². The van der Waals surface area contributed by atoms with Gasteiger partial charge in [-0.25, -0.2) is 9.97 Å². The molecule has 17 heavy (non-hydrogen) atoms. The summed E-state index contributed by atoms with van der Waals surface area (Å²) in [5.74, 6) is 0.814. The van der Waals surface area contributed by atoms with Crippen molar-refractivity contribution in [2.75, 3.05) is 5.73 Å². The van der Waals surface area contributed by atoms with Gasteiger partial charge in [-0.3, -0.25) is 4.98 Å². The van der Waals surface area contributed by atoms with Crippen molar-refractivity contribution < 1.29 is 0 Å². The lowest BCUT2D eigenvalue weighted by Gasteiger charge is -2.06. The van der Waals surface area contributed by atoms with Crippen LogP contribution in [0.3, 0.4) is 0 Å². The fourth-order valence-electron chi connectivity index (χ4n) is 1.67. The van der Waals surface area contributed by atoms with Gasteiger partial charge in [0.05, 0.1) is 17.6 Å². The molecule has 0 radical (unpaired) electrons. The molecule has 0 saturated carbocycles. The average molecular weight is 228 g/mol. The van der Waals surface area contributed by atoms with Crippen LogP contribution in [0.5, 0.6) is 0 Å². The molecule has 0 aromatic carbocycles. The molecule has 0 aliphatic carbocycles. The Morgan fingerprint density at radius 2 is 2.00 bits per heavy atom. The Balaban J connectivity index is 2.19. The Kier molecular flexibility index (Phi) is 3.65. The number of pyridine rings is 1. The molecule has 0 aliphatic heterocycles. The zero-order chi connectivity index (χ0) is 12.1. The normalized spacial score (nSPS) is 10.4. The summed E-state index contributed by atoms with van der Waals surface area (Å²) >= 11 is 0. The van der Waals surface area contributed by atoms with Gasteiger partial charge in [-0.1, -0.05) is 13.3 Å². The first-order valence-electron chi connectivity index (χ1n) is 5.78. The molecule has 4 heteroatoms. The number of nitrogens with zero attached hydrogens (tertiary/aromatic N) is 3. The maximum absolute atomic E-state index is 5.83. The highest BCUT2D eigenvalue weighted by Gasteiger charge is 2.04. The Morgan fingerprint density at radius 1 is 1.24 bits per heavy atom. The first kappa shape index (κ1) is 11.5. The summed E-state index contributed by atoms with van der Waals surface area (Å²) in [5, 5.41) is 0. The lowest BCUT2D eigenvalue weighted by Crippen LogP contribution is -2.04. The highest BCUT2D eigenvalue weighted by molar-refractivity contribution is 5.40. The Morgan fingerprint density at radius 3 is 2.71 bits per heavy atom. The third kappa shape index (κ3) is 3.00. The molecule has 0 saturated heterocycles. The maximum atomic E-state index is 5.83. The third-order valence-corrected chi connectivity index (χ3v) is 2.55.